The SMILES string of the molecule is CN1CCC[C@@H]1CCNC(=O)c1cccc(-c2ncccc2C(F)(F)F)c1. The lowest BCUT2D eigenvalue weighted by atomic mass is 10.0. The number of hydrogen-bond acceptors (Lipinski definition) is 3. The van der Waals surface area contributed by atoms with Gasteiger partial charge in [0, 0.05) is 29.9 Å². The van der Waals surface area contributed by atoms with Crippen molar-refractivity contribution in [3.05, 3.63) is 53.7 Å². The fourth-order valence-electron chi connectivity index (χ4n) is 3.47. The molecule has 4 nitrogen and oxygen atoms in total. The van der Waals surface area contributed by atoms with E-state index in [1.807, 2.05) is 0 Å². The van der Waals surface area contributed by atoms with E-state index >= 15 is 0 Å². The molecule has 2 heterocycles. The Kier molecular flexibility index (Phi) is 5.79. The second kappa shape index (κ2) is 8.08. The molecule has 27 heavy (non-hydrogen) atoms. The monoisotopic (exact) mass is 377 g/mol. The number of carbonyl (C=O) groups is 1. The fraction of sp³-hybridized carbons (Fsp3) is 0.400. The van der Waals surface area contributed by atoms with Crippen molar-refractivity contribution >= 4 is 5.91 Å². The summed E-state index contributed by atoms with van der Waals surface area (Å²) >= 11 is 0. The van der Waals surface area contributed by atoms with Crippen molar-refractivity contribution in [2.45, 2.75) is 31.5 Å². The number of nitrogens with one attached hydrogen (secondary N) is 1. The number of rotatable bonds is 5. The van der Waals surface area contributed by atoms with Crippen molar-refractivity contribution in [1.82, 2.24) is 15.2 Å². The quantitative estimate of drug-likeness (QED) is 0.857. The summed E-state index contributed by atoms with van der Waals surface area (Å²) in [5.41, 5.74) is -0.392. The van der Waals surface area contributed by atoms with Crippen LogP contribution in [-0.2, 0) is 6.18 Å². The molecular formula is C20H22F3N3O. The van der Waals surface area contributed by atoms with Gasteiger partial charge < -0.3 is 10.2 Å². The number of amides is 1. The lowest BCUT2D eigenvalue weighted by Gasteiger charge is -2.19. The van der Waals surface area contributed by atoms with Crippen LogP contribution in [0.2, 0.25) is 0 Å². The van der Waals surface area contributed by atoms with Gasteiger partial charge in [-0.2, -0.15) is 13.2 Å². The van der Waals surface area contributed by atoms with Gasteiger partial charge in [-0.1, -0.05) is 12.1 Å². The Morgan fingerprint density at radius 1 is 1.30 bits per heavy atom. The summed E-state index contributed by atoms with van der Waals surface area (Å²) in [7, 11) is 2.08. The van der Waals surface area contributed by atoms with Crippen molar-refractivity contribution in [2.24, 2.45) is 0 Å². The lowest BCUT2D eigenvalue weighted by molar-refractivity contribution is -0.137. The van der Waals surface area contributed by atoms with Gasteiger partial charge in [-0.3, -0.25) is 9.78 Å². The Bertz CT molecular complexity index is 807. The topological polar surface area (TPSA) is 45.2 Å². The van der Waals surface area contributed by atoms with Crippen LogP contribution in [0.1, 0.15) is 35.2 Å². The Hall–Kier alpha value is -2.41. The summed E-state index contributed by atoms with van der Waals surface area (Å²) in [6.45, 7) is 1.61. The van der Waals surface area contributed by atoms with E-state index in [2.05, 4.69) is 22.2 Å². The predicted molar refractivity (Wildman–Crippen MR) is 97.3 cm³/mol. The zero-order valence-corrected chi connectivity index (χ0v) is 15.1. The van der Waals surface area contributed by atoms with Crippen LogP contribution >= 0.6 is 0 Å². The number of alkyl halides is 3. The molecule has 0 unspecified atom stereocenters. The third kappa shape index (κ3) is 4.66. The number of halogens is 3. The van der Waals surface area contributed by atoms with Crippen molar-refractivity contribution < 1.29 is 18.0 Å². The highest BCUT2D eigenvalue weighted by atomic mass is 19.4. The molecule has 144 valence electrons. The second-order valence-corrected chi connectivity index (χ2v) is 6.80. The van der Waals surface area contributed by atoms with Gasteiger partial charge in [-0.15, -0.1) is 0 Å². The zero-order chi connectivity index (χ0) is 19.4. The first-order valence-electron chi connectivity index (χ1n) is 8.97. The van der Waals surface area contributed by atoms with Gasteiger partial charge in [-0.25, -0.2) is 0 Å². The van der Waals surface area contributed by atoms with E-state index < -0.39 is 11.7 Å². The van der Waals surface area contributed by atoms with Crippen LogP contribution in [0.5, 0.6) is 0 Å². The highest BCUT2D eigenvalue weighted by molar-refractivity contribution is 5.95. The zero-order valence-electron chi connectivity index (χ0n) is 15.1. The number of nitrogens with zero attached hydrogens (tertiary/aromatic N) is 2. The number of pyridine rings is 1. The van der Waals surface area contributed by atoms with Crippen LogP contribution in [0.25, 0.3) is 11.3 Å². The molecule has 0 spiro atoms. The normalized spacial score (nSPS) is 17.9. The molecule has 7 heteroatoms. The fourth-order valence-corrected chi connectivity index (χ4v) is 3.47. The Morgan fingerprint density at radius 2 is 2.11 bits per heavy atom. The first-order valence-corrected chi connectivity index (χ1v) is 8.97. The molecule has 1 amide bonds. The van der Waals surface area contributed by atoms with Gasteiger partial charge in [0.1, 0.15) is 0 Å². The van der Waals surface area contributed by atoms with E-state index in [1.54, 1.807) is 12.1 Å². The maximum Gasteiger partial charge on any atom is 0.418 e. The van der Waals surface area contributed by atoms with Crippen molar-refractivity contribution in [2.75, 3.05) is 20.1 Å². The largest absolute Gasteiger partial charge is 0.418 e. The van der Waals surface area contributed by atoms with Gasteiger partial charge in [0.2, 0.25) is 0 Å². The maximum absolute atomic E-state index is 13.2. The van der Waals surface area contributed by atoms with E-state index in [9.17, 15) is 18.0 Å². The van der Waals surface area contributed by atoms with Crippen LogP contribution < -0.4 is 5.32 Å². The third-order valence-corrected chi connectivity index (χ3v) is 4.95. The van der Waals surface area contributed by atoms with Gasteiger partial charge in [0.05, 0.1) is 11.3 Å². The van der Waals surface area contributed by atoms with E-state index in [4.69, 9.17) is 0 Å². The van der Waals surface area contributed by atoms with Crippen LogP contribution in [-0.4, -0.2) is 42.0 Å². The molecule has 0 saturated carbocycles. The molecule has 3 rings (SSSR count). The molecule has 1 atom stereocenters. The van der Waals surface area contributed by atoms with E-state index in [0.717, 1.165) is 25.5 Å². The summed E-state index contributed by atoms with van der Waals surface area (Å²) in [5.74, 6) is -0.290. The van der Waals surface area contributed by atoms with Crippen LogP contribution in [0.4, 0.5) is 13.2 Å². The van der Waals surface area contributed by atoms with Gasteiger partial charge >= 0.3 is 6.18 Å². The smallest absolute Gasteiger partial charge is 0.352 e. The minimum atomic E-state index is -4.50. The molecule has 1 aromatic carbocycles. The van der Waals surface area contributed by atoms with E-state index in [1.165, 1.54) is 30.8 Å². The Balaban J connectivity index is 1.71. The molecular weight excluding hydrogens is 355 g/mol. The maximum atomic E-state index is 13.2. The summed E-state index contributed by atoms with van der Waals surface area (Å²) in [6, 6.07) is 8.87. The average Bonchev–Trinajstić information content (AvgIpc) is 3.06. The van der Waals surface area contributed by atoms with Gasteiger partial charge in [-0.05, 0) is 57.1 Å². The molecule has 1 fully saturated rings. The summed E-state index contributed by atoms with van der Waals surface area (Å²) in [5, 5.41) is 2.86. The van der Waals surface area contributed by atoms with Crippen molar-refractivity contribution in [1.29, 1.82) is 0 Å². The molecule has 1 N–H and O–H groups in total. The van der Waals surface area contributed by atoms with Gasteiger partial charge in [0.15, 0.2) is 0 Å². The Labute approximate surface area is 156 Å². The van der Waals surface area contributed by atoms with Crippen LogP contribution in [0, 0.1) is 0 Å². The molecule has 0 aliphatic carbocycles. The second-order valence-electron chi connectivity index (χ2n) is 6.80. The summed E-state index contributed by atoms with van der Waals surface area (Å²) in [4.78, 5) is 18.6. The first kappa shape index (κ1) is 19.4. The third-order valence-electron chi connectivity index (χ3n) is 4.95. The summed E-state index contributed by atoms with van der Waals surface area (Å²) in [6.07, 6.45) is -0.0322. The standard InChI is InChI=1S/C20H22F3N3O/c1-26-12-4-7-16(26)9-11-25-19(27)15-6-2-5-14(13-15)18-17(20(21,22)23)8-3-10-24-18/h2-3,5-6,8,10,13,16H,4,7,9,11-12H2,1H3,(H,25,27)/t16-/m1/s1. The minimum Gasteiger partial charge on any atom is -0.352 e. The Morgan fingerprint density at radius 3 is 2.81 bits per heavy atom. The van der Waals surface area contributed by atoms with E-state index in [0.29, 0.717) is 18.2 Å². The highest BCUT2D eigenvalue weighted by Crippen LogP contribution is 2.35. The minimum absolute atomic E-state index is 0.174. The molecule has 2 aromatic rings. The van der Waals surface area contributed by atoms with Crippen LogP contribution in [0.15, 0.2) is 42.6 Å². The molecule has 1 aromatic heterocycles. The molecule has 1 aliphatic heterocycles. The average molecular weight is 377 g/mol. The number of aromatic nitrogens is 1. The molecule has 0 bridgehead atoms. The number of likely N-dealkylation sites (tertiary alicyclic amines) is 1. The molecule has 0 radical (unpaired) electrons. The number of benzene rings is 1. The van der Waals surface area contributed by atoms with Crippen LogP contribution in [0.3, 0.4) is 0 Å². The van der Waals surface area contributed by atoms with Crippen molar-refractivity contribution in [3.8, 4) is 11.3 Å². The molecule has 1 saturated heterocycles. The predicted octanol–water partition coefficient (Wildman–Crippen LogP) is 3.98. The molecule has 1 aliphatic rings. The highest BCUT2D eigenvalue weighted by Gasteiger charge is 2.34. The van der Waals surface area contributed by atoms with Gasteiger partial charge in [0.25, 0.3) is 5.91 Å². The van der Waals surface area contributed by atoms with E-state index in [-0.39, 0.29) is 17.2 Å². The number of hydrogen-bond donors (Lipinski definition) is 1. The van der Waals surface area contributed by atoms with Crippen molar-refractivity contribution in [3.63, 3.8) is 0 Å². The number of carbonyl (C=O) groups excluding carboxylic acids is 1. The lowest BCUT2D eigenvalue weighted by Crippen LogP contribution is -2.31. The summed E-state index contributed by atoms with van der Waals surface area (Å²) < 4.78 is 39.6. The first-order chi connectivity index (χ1) is 12.9.